The lowest BCUT2D eigenvalue weighted by atomic mass is 10.1. The molecule has 0 radical (unpaired) electrons. The van der Waals surface area contributed by atoms with Gasteiger partial charge in [-0.05, 0) is 33.4 Å². The van der Waals surface area contributed by atoms with E-state index in [4.69, 9.17) is 4.74 Å². The summed E-state index contributed by atoms with van der Waals surface area (Å²) in [4.78, 5) is 10.1. The maximum Gasteiger partial charge on any atom is 0.316 e. The fourth-order valence-electron chi connectivity index (χ4n) is 2.05. The summed E-state index contributed by atoms with van der Waals surface area (Å²) in [5, 5.41) is 0. The van der Waals surface area contributed by atoms with Crippen LogP contribution in [0.5, 0.6) is 6.01 Å². The highest BCUT2D eigenvalue weighted by Crippen LogP contribution is 2.30. The maximum absolute atomic E-state index is 13.6. The van der Waals surface area contributed by atoms with Crippen LogP contribution in [0.2, 0.25) is 0 Å². The first-order valence-corrected chi connectivity index (χ1v) is 5.58. The standard InChI is InChI=1S/C11H16FN3O/c1-3-16-11-13-7-8(12)10(14-11)9-5-4-6-15(9)2/h7,9H,3-6H2,1-2H3. The van der Waals surface area contributed by atoms with E-state index in [0.717, 1.165) is 19.4 Å². The summed E-state index contributed by atoms with van der Waals surface area (Å²) in [5.74, 6) is -0.345. The second-order valence-electron chi connectivity index (χ2n) is 3.96. The van der Waals surface area contributed by atoms with E-state index < -0.39 is 0 Å². The molecule has 1 aliphatic heterocycles. The van der Waals surface area contributed by atoms with Gasteiger partial charge in [0.25, 0.3) is 0 Å². The third-order valence-corrected chi connectivity index (χ3v) is 2.86. The molecule has 0 amide bonds. The quantitative estimate of drug-likeness (QED) is 0.786. The molecule has 4 nitrogen and oxygen atoms in total. The summed E-state index contributed by atoms with van der Waals surface area (Å²) >= 11 is 0. The molecule has 88 valence electrons. The van der Waals surface area contributed by atoms with Crippen LogP contribution in [0, 0.1) is 5.82 Å². The molecule has 2 rings (SSSR count). The molecule has 0 N–H and O–H groups in total. The fraction of sp³-hybridized carbons (Fsp3) is 0.636. The summed E-state index contributed by atoms with van der Waals surface area (Å²) in [6.07, 6.45) is 3.21. The number of halogens is 1. The van der Waals surface area contributed by atoms with Gasteiger partial charge in [0, 0.05) is 0 Å². The van der Waals surface area contributed by atoms with E-state index in [1.165, 1.54) is 6.20 Å². The first-order chi connectivity index (χ1) is 7.72. The van der Waals surface area contributed by atoms with E-state index in [0.29, 0.717) is 12.3 Å². The zero-order valence-corrected chi connectivity index (χ0v) is 9.61. The van der Waals surface area contributed by atoms with Crippen molar-refractivity contribution < 1.29 is 9.13 Å². The Kier molecular flexibility index (Phi) is 3.33. The topological polar surface area (TPSA) is 38.2 Å². The average molecular weight is 225 g/mol. The van der Waals surface area contributed by atoms with Gasteiger partial charge in [-0.25, -0.2) is 9.37 Å². The molecule has 1 saturated heterocycles. The first kappa shape index (κ1) is 11.3. The minimum atomic E-state index is -0.345. The normalized spacial score (nSPS) is 21.3. The van der Waals surface area contributed by atoms with Crippen molar-refractivity contribution in [3.63, 3.8) is 0 Å². The molecular formula is C11H16FN3O. The van der Waals surface area contributed by atoms with Gasteiger partial charge in [-0.2, -0.15) is 4.98 Å². The second-order valence-corrected chi connectivity index (χ2v) is 3.96. The van der Waals surface area contributed by atoms with Crippen molar-refractivity contribution in [3.8, 4) is 6.01 Å². The monoisotopic (exact) mass is 225 g/mol. The van der Waals surface area contributed by atoms with Crippen molar-refractivity contribution in [3.05, 3.63) is 17.7 Å². The van der Waals surface area contributed by atoms with Gasteiger partial charge in [-0.3, -0.25) is 4.90 Å². The molecule has 1 atom stereocenters. The number of ether oxygens (including phenoxy) is 1. The Hall–Kier alpha value is -1.23. The molecule has 1 unspecified atom stereocenters. The zero-order chi connectivity index (χ0) is 11.5. The predicted molar refractivity (Wildman–Crippen MR) is 57.8 cm³/mol. The summed E-state index contributed by atoms with van der Waals surface area (Å²) < 4.78 is 18.8. The lowest BCUT2D eigenvalue weighted by Crippen LogP contribution is -2.20. The van der Waals surface area contributed by atoms with E-state index in [9.17, 15) is 4.39 Å². The molecular weight excluding hydrogens is 209 g/mol. The summed E-state index contributed by atoms with van der Waals surface area (Å²) in [6.45, 7) is 3.33. The molecule has 1 aromatic rings. The van der Waals surface area contributed by atoms with Crippen LogP contribution in [0.25, 0.3) is 0 Å². The van der Waals surface area contributed by atoms with Crippen LogP contribution in [-0.4, -0.2) is 35.1 Å². The van der Waals surface area contributed by atoms with E-state index in [1.807, 2.05) is 14.0 Å². The van der Waals surface area contributed by atoms with Crippen LogP contribution in [0.1, 0.15) is 31.5 Å². The Morgan fingerprint density at radius 3 is 3.06 bits per heavy atom. The number of likely N-dealkylation sites (tertiary alicyclic amines) is 1. The van der Waals surface area contributed by atoms with Crippen LogP contribution < -0.4 is 4.74 Å². The third kappa shape index (κ3) is 2.14. The smallest absolute Gasteiger partial charge is 0.316 e. The van der Waals surface area contributed by atoms with Crippen LogP contribution in [-0.2, 0) is 0 Å². The van der Waals surface area contributed by atoms with Gasteiger partial charge >= 0.3 is 6.01 Å². The molecule has 0 saturated carbocycles. The summed E-state index contributed by atoms with van der Waals surface area (Å²) in [5.41, 5.74) is 0.457. The van der Waals surface area contributed by atoms with Gasteiger partial charge in [0.2, 0.25) is 0 Å². The van der Waals surface area contributed by atoms with Crippen molar-refractivity contribution in [2.24, 2.45) is 0 Å². The molecule has 1 aromatic heterocycles. The number of aromatic nitrogens is 2. The SMILES string of the molecule is CCOc1ncc(F)c(C2CCCN2C)n1. The van der Waals surface area contributed by atoms with Crippen molar-refractivity contribution in [2.45, 2.75) is 25.8 Å². The molecule has 0 spiro atoms. The minimum Gasteiger partial charge on any atom is -0.464 e. The number of hydrogen-bond donors (Lipinski definition) is 0. The molecule has 0 bridgehead atoms. The van der Waals surface area contributed by atoms with Crippen LogP contribution in [0.15, 0.2) is 6.20 Å². The highest BCUT2D eigenvalue weighted by molar-refractivity contribution is 5.14. The average Bonchev–Trinajstić information content (AvgIpc) is 2.68. The third-order valence-electron chi connectivity index (χ3n) is 2.86. The largest absolute Gasteiger partial charge is 0.464 e. The highest BCUT2D eigenvalue weighted by atomic mass is 19.1. The number of hydrogen-bond acceptors (Lipinski definition) is 4. The van der Waals surface area contributed by atoms with Gasteiger partial charge in [-0.1, -0.05) is 0 Å². The van der Waals surface area contributed by atoms with Crippen LogP contribution >= 0.6 is 0 Å². The van der Waals surface area contributed by atoms with Gasteiger partial charge in [0.1, 0.15) is 5.69 Å². The van der Waals surface area contributed by atoms with Gasteiger partial charge in [0.05, 0.1) is 18.8 Å². The second kappa shape index (κ2) is 4.74. The van der Waals surface area contributed by atoms with Gasteiger partial charge in [0.15, 0.2) is 5.82 Å². The molecule has 1 aliphatic rings. The lowest BCUT2D eigenvalue weighted by molar-refractivity contribution is 0.283. The van der Waals surface area contributed by atoms with E-state index in [1.54, 1.807) is 0 Å². The molecule has 2 heterocycles. The van der Waals surface area contributed by atoms with E-state index >= 15 is 0 Å². The van der Waals surface area contributed by atoms with Crippen molar-refractivity contribution >= 4 is 0 Å². The summed E-state index contributed by atoms with van der Waals surface area (Å²) in [7, 11) is 1.99. The predicted octanol–water partition coefficient (Wildman–Crippen LogP) is 1.78. The summed E-state index contributed by atoms with van der Waals surface area (Å²) in [6, 6.07) is 0.321. The molecule has 0 aromatic carbocycles. The molecule has 1 fully saturated rings. The van der Waals surface area contributed by atoms with Crippen LogP contribution in [0.3, 0.4) is 0 Å². The van der Waals surface area contributed by atoms with Gasteiger partial charge in [-0.15, -0.1) is 0 Å². The van der Waals surface area contributed by atoms with Gasteiger partial charge < -0.3 is 4.74 Å². The van der Waals surface area contributed by atoms with Crippen molar-refractivity contribution in [1.29, 1.82) is 0 Å². The Labute approximate surface area is 94.5 Å². The highest BCUT2D eigenvalue weighted by Gasteiger charge is 2.27. The Morgan fingerprint density at radius 2 is 2.44 bits per heavy atom. The van der Waals surface area contributed by atoms with Crippen molar-refractivity contribution in [2.75, 3.05) is 20.2 Å². The maximum atomic E-state index is 13.6. The number of nitrogens with zero attached hydrogens (tertiary/aromatic N) is 3. The Bertz CT molecular complexity index is 372. The van der Waals surface area contributed by atoms with Crippen molar-refractivity contribution in [1.82, 2.24) is 14.9 Å². The first-order valence-electron chi connectivity index (χ1n) is 5.58. The Morgan fingerprint density at radius 1 is 1.62 bits per heavy atom. The molecule has 0 aliphatic carbocycles. The lowest BCUT2D eigenvalue weighted by Gasteiger charge is -2.19. The Balaban J connectivity index is 2.27. The van der Waals surface area contributed by atoms with Crippen LogP contribution in [0.4, 0.5) is 4.39 Å². The van der Waals surface area contributed by atoms with E-state index in [-0.39, 0.29) is 17.9 Å². The molecule has 5 heteroatoms. The molecule has 16 heavy (non-hydrogen) atoms. The van der Waals surface area contributed by atoms with E-state index in [2.05, 4.69) is 14.9 Å². The zero-order valence-electron chi connectivity index (χ0n) is 9.61. The fourth-order valence-corrected chi connectivity index (χ4v) is 2.05. The number of rotatable bonds is 3. The minimum absolute atomic E-state index is 0.0576.